The van der Waals surface area contributed by atoms with Crippen molar-refractivity contribution < 1.29 is 4.79 Å². The van der Waals surface area contributed by atoms with Crippen LogP contribution in [0, 0.1) is 19.8 Å². The molecule has 1 saturated heterocycles. The van der Waals surface area contributed by atoms with E-state index in [2.05, 4.69) is 52.1 Å². The van der Waals surface area contributed by atoms with E-state index in [1.165, 1.54) is 16.8 Å². The summed E-state index contributed by atoms with van der Waals surface area (Å²) < 4.78 is 0. The number of hydrogen-bond acceptors (Lipinski definition) is 4. The van der Waals surface area contributed by atoms with E-state index in [0.717, 1.165) is 31.9 Å². The number of nitrogens with one attached hydrogen (secondary N) is 1. The van der Waals surface area contributed by atoms with Crippen molar-refractivity contribution in [2.75, 3.05) is 41.3 Å². The highest BCUT2D eigenvalue weighted by atomic mass is 16.1. The number of aryl methyl sites for hydroxylation is 1. The van der Waals surface area contributed by atoms with E-state index in [1.54, 1.807) is 0 Å². The highest BCUT2D eigenvalue weighted by Gasteiger charge is 2.19. The number of rotatable bonds is 5. The Morgan fingerprint density at radius 2 is 1.78 bits per heavy atom. The Labute approximate surface area is 162 Å². The molecule has 1 aliphatic rings. The van der Waals surface area contributed by atoms with Gasteiger partial charge in [-0.15, -0.1) is 0 Å². The van der Waals surface area contributed by atoms with Gasteiger partial charge in [0.15, 0.2) is 0 Å². The molecule has 0 atom stereocenters. The maximum atomic E-state index is 11.9. The Balaban J connectivity index is 1.58. The zero-order valence-electron chi connectivity index (χ0n) is 16.8. The van der Waals surface area contributed by atoms with Crippen molar-refractivity contribution >= 4 is 23.1 Å². The first kappa shape index (κ1) is 19.2. The minimum Gasteiger partial charge on any atom is -0.368 e. The van der Waals surface area contributed by atoms with Crippen LogP contribution in [0.15, 0.2) is 36.5 Å². The number of carbonyl (C=O) groups is 1. The lowest BCUT2D eigenvalue weighted by atomic mass is 10.1. The van der Waals surface area contributed by atoms with Gasteiger partial charge in [0.1, 0.15) is 5.82 Å². The van der Waals surface area contributed by atoms with Crippen LogP contribution in [0.1, 0.15) is 31.4 Å². The van der Waals surface area contributed by atoms with E-state index >= 15 is 0 Å². The summed E-state index contributed by atoms with van der Waals surface area (Å²) in [5.41, 5.74) is 5.16. The topological polar surface area (TPSA) is 48.5 Å². The third-order valence-corrected chi connectivity index (χ3v) is 5.17. The number of piperazine rings is 1. The molecule has 1 amide bonds. The molecular weight excluding hydrogens is 336 g/mol. The van der Waals surface area contributed by atoms with Gasteiger partial charge in [-0.2, -0.15) is 0 Å². The lowest BCUT2D eigenvalue weighted by Gasteiger charge is -2.38. The second kappa shape index (κ2) is 8.42. The van der Waals surface area contributed by atoms with Crippen LogP contribution in [0.3, 0.4) is 0 Å². The molecule has 0 spiro atoms. The van der Waals surface area contributed by atoms with Crippen molar-refractivity contribution in [1.82, 2.24) is 4.98 Å². The predicted molar refractivity (Wildman–Crippen MR) is 113 cm³/mol. The molecule has 0 radical (unpaired) electrons. The van der Waals surface area contributed by atoms with Crippen molar-refractivity contribution in [2.24, 2.45) is 5.92 Å². The number of benzene rings is 1. The summed E-state index contributed by atoms with van der Waals surface area (Å²) in [6.45, 7) is 12.4. The van der Waals surface area contributed by atoms with Crippen molar-refractivity contribution in [3.63, 3.8) is 0 Å². The second-order valence-electron chi connectivity index (χ2n) is 7.74. The number of carbonyl (C=O) groups excluding carboxylic acids is 1. The average Bonchev–Trinajstić information content (AvgIpc) is 2.64. The Kier molecular flexibility index (Phi) is 5.99. The summed E-state index contributed by atoms with van der Waals surface area (Å²) in [6, 6.07) is 10.5. The van der Waals surface area contributed by atoms with Gasteiger partial charge in [0.25, 0.3) is 0 Å². The molecule has 0 saturated carbocycles. The molecule has 5 heteroatoms. The minimum absolute atomic E-state index is 0.0207. The molecule has 1 aromatic carbocycles. The molecule has 2 heterocycles. The summed E-state index contributed by atoms with van der Waals surface area (Å²) in [4.78, 5) is 21.1. The van der Waals surface area contributed by atoms with Crippen LogP contribution in [-0.4, -0.2) is 37.1 Å². The predicted octanol–water partition coefficient (Wildman–Crippen LogP) is 4.01. The summed E-state index contributed by atoms with van der Waals surface area (Å²) >= 11 is 0. The smallest absolute Gasteiger partial charge is 0.225 e. The van der Waals surface area contributed by atoms with Crippen LogP contribution in [-0.2, 0) is 4.79 Å². The number of hydrogen-bond donors (Lipinski definition) is 1. The third kappa shape index (κ3) is 4.79. The molecule has 3 rings (SSSR count). The van der Waals surface area contributed by atoms with Gasteiger partial charge in [0.05, 0.1) is 11.9 Å². The Morgan fingerprint density at radius 1 is 1.07 bits per heavy atom. The maximum Gasteiger partial charge on any atom is 0.225 e. The third-order valence-electron chi connectivity index (χ3n) is 5.17. The van der Waals surface area contributed by atoms with Crippen LogP contribution < -0.4 is 15.1 Å². The average molecular weight is 367 g/mol. The lowest BCUT2D eigenvalue weighted by molar-refractivity contribution is -0.116. The van der Waals surface area contributed by atoms with Crippen LogP contribution in [0.25, 0.3) is 0 Å². The zero-order valence-corrected chi connectivity index (χ0v) is 16.8. The van der Waals surface area contributed by atoms with E-state index in [0.29, 0.717) is 18.2 Å². The molecule has 1 fully saturated rings. The molecule has 1 N–H and O–H groups in total. The quantitative estimate of drug-likeness (QED) is 0.869. The molecule has 2 aromatic rings. The van der Waals surface area contributed by atoms with E-state index in [9.17, 15) is 4.79 Å². The molecule has 0 unspecified atom stereocenters. The first-order valence-electron chi connectivity index (χ1n) is 9.76. The largest absolute Gasteiger partial charge is 0.368 e. The lowest BCUT2D eigenvalue weighted by Crippen LogP contribution is -2.46. The Bertz CT molecular complexity index is 777. The monoisotopic (exact) mass is 366 g/mol. The van der Waals surface area contributed by atoms with Gasteiger partial charge in [0.2, 0.25) is 5.91 Å². The van der Waals surface area contributed by atoms with Gasteiger partial charge in [-0.05, 0) is 49.1 Å². The maximum absolute atomic E-state index is 11.9. The number of anilines is 3. The Morgan fingerprint density at radius 3 is 2.41 bits per heavy atom. The molecule has 1 aliphatic heterocycles. The summed E-state index contributed by atoms with van der Waals surface area (Å²) in [6.07, 6.45) is 2.38. The van der Waals surface area contributed by atoms with Gasteiger partial charge >= 0.3 is 0 Å². The molecule has 144 valence electrons. The van der Waals surface area contributed by atoms with Gasteiger partial charge in [0, 0.05) is 38.3 Å². The fourth-order valence-corrected chi connectivity index (χ4v) is 3.50. The SMILES string of the molecule is Cc1cccc(N2CCN(c3ccc(NC(=O)CC(C)C)nc3)CC2)c1C. The first-order valence-corrected chi connectivity index (χ1v) is 9.76. The van der Waals surface area contributed by atoms with Gasteiger partial charge in [-0.3, -0.25) is 4.79 Å². The van der Waals surface area contributed by atoms with E-state index < -0.39 is 0 Å². The van der Waals surface area contributed by atoms with E-state index in [-0.39, 0.29) is 5.91 Å². The molecule has 27 heavy (non-hydrogen) atoms. The van der Waals surface area contributed by atoms with E-state index in [1.807, 2.05) is 32.2 Å². The summed E-state index contributed by atoms with van der Waals surface area (Å²) in [5, 5.41) is 2.87. The fraction of sp³-hybridized carbons (Fsp3) is 0.455. The second-order valence-corrected chi connectivity index (χ2v) is 7.74. The number of amides is 1. The normalized spacial score (nSPS) is 14.6. The highest BCUT2D eigenvalue weighted by molar-refractivity contribution is 5.89. The van der Waals surface area contributed by atoms with Crippen LogP contribution in [0.4, 0.5) is 17.2 Å². The number of pyridine rings is 1. The van der Waals surface area contributed by atoms with Crippen LogP contribution in [0.2, 0.25) is 0 Å². The van der Waals surface area contributed by atoms with Crippen molar-refractivity contribution in [2.45, 2.75) is 34.1 Å². The Hall–Kier alpha value is -2.56. The molecule has 5 nitrogen and oxygen atoms in total. The number of nitrogens with zero attached hydrogens (tertiary/aromatic N) is 3. The molecule has 0 bridgehead atoms. The first-order chi connectivity index (χ1) is 12.9. The van der Waals surface area contributed by atoms with Gasteiger partial charge in [-0.1, -0.05) is 26.0 Å². The minimum atomic E-state index is 0.0207. The molecule has 1 aromatic heterocycles. The fourth-order valence-electron chi connectivity index (χ4n) is 3.50. The van der Waals surface area contributed by atoms with E-state index in [4.69, 9.17) is 0 Å². The van der Waals surface area contributed by atoms with Gasteiger partial charge in [-0.25, -0.2) is 4.98 Å². The highest BCUT2D eigenvalue weighted by Crippen LogP contribution is 2.25. The number of aromatic nitrogens is 1. The van der Waals surface area contributed by atoms with Crippen LogP contribution >= 0.6 is 0 Å². The molecule has 0 aliphatic carbocycles. The summed E-state index contributed by atoms with van der Waals surface area (Å²) in [5.74, 6) is 0.989. The van der Waals surface area contributed by atoms with Crippen LogP contribution in [0.5, 0.6) is 0 Å². The van der Waals surface area contributed by atoms with Gasteiger partial charge < -0.3 is 15.1 Å². The molecular formula is C22H30N4O. The van der Waals surface area contributed by atoms with Crippen molar-refractivity contribution in [3.05, 3.63) is 47.7 Å². The van der Waals surface area contributed by atoms with Crippen molar-refractivity contribution in [3.8, 4) is 0 Å². The van der Waals surface area contributed by atoms with Crippen molar-refractivity contribution in [1.29, 1.82) is 0 Å². The standard InChI is InChI=1S/C22H30N4O/c1-16(2)14-22(27)24-21-9-8-19(15-23-21)25-10-12-26(13-11-25)20-7-5-6-17(3)18(20)4/h5-9,15-16H,10-14H2,1-4H3,(H,23,24,27). The summed E-state index contributed by atoms with van der Waals surface area (Å²) in [7, 11) is 0. The zero-order chi connectivity index (χ0) is 19.4.